The van der Waals surface area contributed by atoms with E-state index in [0.29, 0.717) is 43.0 Å². The van der Waals surface area contributed by atoms with Crippen LogP contribution in [0.15, 0.2) is 36.5 Å². The van der Waals surface area contributed by atoms with E-state index in [1.165, 1.54) is 12.1 Å². The summed E-state index contributed by atoms with van der Waals surface area (Å²) >= 11 is 0. The summed E-state index contributed by atoms with van der Waals surface area (Å²) in [5.41, 5.74) is 6.43. The number of carbonyl (C=O) groups excluding carboxylic acids is 1. The number of carbonyl (C=O) groups is 1. The van der Waals surface area contributed by atoms with Crippen molar-refractivity contribution in [1.82, 2.24) is 14.9 Å². The molecule has 1 fully saturated rings. The number of rotatable bonds is 7. The van der Waals surface area contributed by atoms with Crippen molar-refractivity contribution in [3.8, 4) is 17.0 Å². The van der Waals surface area contributed by atoms with Crippen molar-refractivity contribution in [3.63, 3.8) is 0 Å². The number of aromatic nitrogens is 2. The molecule has 224 valence electrons. The number of hydrogen-bond acceptors (Lipinski definition) is 6. The van der Waals surface area contributed by atoms with Gasteiger partial charge in [-0.2, -0.15) is 0 Å². The minimum Gasteiger partial charge on any atom is -0.481 e. The molecule has 0 radical (unpaired) electrons. The number of urea groups is 1. The number of nitrogens with two attached hydrogens (primary N) is 1. The topological polar surface area (TPSA) is 96.6 Å². The van der Waals surface area contributed by atoms with Crippen LogP contribution in [-0.2, 0) is 6.42 Å². The second kappa shape index (κ2) is 11.7. The first kappa shape index (κ1) is 29.5. The van der Waals surface area contributed by atoms with Gasteiger partial charge >= 0.3 is 6.03 Å². The zero-order valence-electron chi connectivity index (χ0n) is 24.4. The normalized spacial score (nSPS) is 17.4. The van der Waals surface area contributed by atoms with Crippen molar-refractivity contribution in [2.24, 2.45) is 11.7 Å². The van der Waals surface area contributed by atoms with Gasteiger partial charge in [0.1, 0.15) is 17.1 Å². The van der Waals surface area contributed by atoms with Crippen LogP contribution >= 0.6 is 0 Å². The van der Waals surface area contributed by atoms with Gasteiger partial charge in [0, 0.05) is 30.4 Å². The number of anilines is 3. The van der Waals surface area contributed by atoms with Gasteiger partial charge in [-0.25, -0.2) is 27.9 Å². The average molecular weight is 583 g/mol. The van der Waals surface area contributed by atoms with Gasteiger partial charge in [-0.1, -0.05) is 13.0 Å². The van der Waals surface area contributed by atoms with Crippen LogP contribution in [0, 0.1) is 23.4 Å². The van der Waals surface area contributed by atoms with Gasteiger partial charge in [0.15, 0.2) is 17.4 Å². The highest BCUT2D eigenvalue weighted by atomic mass is 19.1. The van der Waals surface area contributed by atoms with Crippen molar-refractivity contribution in [2.45, 2.75) is 65.0 Å². The highest BCUT2D eigenvalue weighted by Gasteiger charge is 2.36. The van der Waals surface area contributed by atoms with Crippen LogP contribution in [0.2, 0.25) is 0 Å². The molecule has 3 aromatic rings. The fraction of sp³-hybridized carbons (Fsp3) is 0.452. The van der Waals surface area contributed by atoms with Crippen molar-refractivity contribution in [2.75, 3.05) is 29.9 Å². The maximum Gasteiger partial charge on any atom is 0.314 e. The van der Waals surface area contributed by atoms with Gasteiger partial charge in [0.25, 0.3) is 0 Å². The minimum atomic E-state index is -0.712. The quantitative estimate of drug-likeness (QED) is 0.334. The van der Waals surface area contributed by atoms with Crippen LogP contribution in [0.1, 0.15) is 52.5 Å². The average Bonchev–Trinajstić information content (AvgIpc) is 2.95. The summed E-state index contributed by atoms with van der Waals surface area (Å²) in [5, 5.41) is 2.94. The zero-order valence-corrected chi connectivity index (χ0v) is 24.4. The molecule has 0 bridgehead atoms. The van der Waals surface area contributed by atoms with Gasteiger partial charge < -0.3 is 25.6 Å². The SMILES string of the molecule is CCC(C)N1CC(C)(C)Oc2c(F)cc(-c3nc(Nc4ccc(CC5CCN(C(N)=O)CC5)c(F)c4)ncc3F)cc21. The van der Waals surface area contributed by atoms with E-state index < -0.39 is 23.3 Å². The number of amides is 2. The molecule has 42 heavy (non-hydrogen) atoms. The lowest BCUT2D eigenvalue weighted by molar-refractivity contribution is 0.0960. The van der Waals surface area contributed by atoms with Crippen molar-refractivity contribution in [1.29, 1.82) is 0 Å². The lowest BCUT2D eigenvalue weighted by atomic mass is 9.90. The molecule has 0 aliphatic carbocycles. The van der Waals surface area contributed by atoms with Crippen LogP contribution in [0.5, 0.6) is 5.75 Å². The van der Waals surface area contributed by atoms with Crippen molar-refractivity contribution >= 4 is 23.4 Å². The molecule has 1 unspecified atom stereocenters. The zero-order chi connectivity index (χ0) is 30.2. The summed E-state index contributed by atoms with van der Waals surface area (Å²) < 4.78 is 51.4. The Morgan fingerprint density at radius 3 is 2.55 bits per heavy atom. The molecular formula is C31H37F3N6O2. The van der Waals surface area contributed by atoms with E-state index in [1.807, 2.05) is 13.8 Å². The Labute approximate surface area is 244 Å². The van der Waals surface area contributed by atoms with Gasteiger partial charge in [0.2, 0.25) is 5.95 Å². The van der Waals surface area contributed by atoms with E-state index in [0.717, 1.165) is 25.5 Å². The standard InChI is InChI=1S/C31H37F3N6O2/c1-5-18(2)40-17-31(3,4)42-28-24(33)13-21(14-26(28)40)27-25(34)16-36-30(38-27)37-22-7-6-20(23(32)15-22)12-19-8-10-39(11-9-19)29(35)41/h6-7,13-16,18-19H,5,8-12,17H2,1-4H3,(H2,35,41)(H,36,37,38). The second-order valence-electron chi connectivity index (χ2n) is 11.8. The van der Waals surface area contributed by atoms with E-state index in [9.17, 15) is 4.79 Å². The molecule has 2 amide bonds. The van der Waals surface area contributed by atoms with Gasteiger partial charge in [-0.3, -0.25) is 0 Å². The summed E-state index contributed by atoms with van der Waals surface area (Å²) in [4.78, 5) is 23.4. The van der Waals surface area contributed by atoms with Crippen LogP contribution in [0.4, 0.5) is 35.3 Å². The fourth-order valence-corrected chi connectivity index (χ4v) is 5.67. The van der Waals surface area contributed by atoms with E-state index in [2.05, 4.69) is 34.0 Å². The lowest BCUT2D eigenvalue weighted by Gasteiger charge is -2.44. The number of ether oxygens (including phenoxy) is 1. The molecule has 1 aromatic heterocycles. The van der Waals surface area contributed by atoms with E-state index in [4.69, 9.17) is 10.5 Å². The number of piperidine rings is 1. The Balaban J connectivity index is 1.36. The largest absolute Gasteiger partial charge is 0.481 e. The Bertz CT molecular complexity index is 1480. The van der Waals surface area contributed by atoms with Crippen molar-refractivity contribution in [3.05, 3.63) is 59.5 Å². The van der Waals surface area contributed by atoms with Crippen LogP contribution in [0.3, 0.4) is 0 Å². The Morgan fingerprint density at radius 1 is 1.14 bits per heavy atom. The Morgan fingerprint density at radius 2 is 1.88 bits per heavy atom. The molecule has 3 heterocycles. The van der Waals surface area contributed by atoms with Crippen molar-refractivity contribution < 1.29 is 22.7 Å². The smallest absolute Gasteiger partial charge is 0.314 e. The van der Waals surface area contributed by atoms with Gasteiger partial charge in [-0.05, 0) is 82.2 Å². The summed E-state index contributed by atoms with van der Waals surface area (Å²) in [7, 11) is 0. The number of likely N-dealkylation sites (tertiary alicyclic amines) is 1. The van der Waals surface area contributed by atoms with Gasteiger partial charge in [0.05, 0.1) is 18.4 Å². The molecule has 0 saturated carbocycles. The number of fused-ring (bicyclic) bond motifs is 1. The molecule has 11 heteroatoms. The maximum atomic E-state index is 15.4. The fourth-order valence-electron chi connectivity index (χ4n) is 5.67. The molecule has 2 aliphatic rings. The summed E-state index contributed by atoms with van der Waals surface area (Å²) in [6.45, 7) is 9.61. The third kappa shape index (κ3) is 6.24. The van der Waals surface area contributed by atoms with E-state index in [1.54, 1.807) is 23.1 Å². The first-order valence-corrected chi connectivity index (χ1v) is 14.4. The first-order chi connectivity index (χ1) is 19.9. The number of halogens is 3. The number of nitrogens with zero attached hydrogens (tertiary/aromatic N) is 4. The summed E-state index contributed by atoms with van der Waals surface area (Å²) in [5.74, 6) is -1.26. The van der Waals surface area contributed by atoms with E-state index >= 15 is 13.2 Å². The first-order valence-electron chi connectivity index (χ1n) is 14.4. The number of primary amides is 1. The molecule has 2 aliphatic heterocycles. The molecular weight excluding hydrogens is 545 g/mol. The second-order valence-corrected chi connectivity index (χ2v) is 11.8. The predicted octanol–water partition coefficient (Wildman–Crippen LogP) is 6.41. The monoisotopic (exact) mass is 582 g/mol. The molecule has 1 atom stereocenters. The summed E-state index contributed by atoms with van der Waals surface area (Å²) in [6.07, 6.45) is 3.92. The molecule has 2 aromatic carbocycles. The Kier molecular flexibility index (Phi) is 8.21. The van der Waals surface area contributed by atoms with E-state index in [-0.39, 0.29) is 40.7 Å². The number of nitrogens with one attached hydrogen (secondary N) is 1. The third-order valence-electron chi connectivity index (χ3n) is 8.15. The molecule has 3 N–H and O–H groups in total. The van der Waals surface area contributed by atoms with Crippen LogP contribution in [0.25, 0.3) is 11.3 Å². The lowest BCUT2D eigenvalue weighted by Crippen LogP contribution is -2.50. The molecule has 0 spiro atoms. The maximum absolute atomic E-state index is 15.4. The highest BCUT2D eigenvalue weighted by Crippen LogP contribution is 2.43. The molecule has 8 nitrogen and oxygen atoms in total. The number of benzene rings is 2. The Hall–Kier alpha value is -4.02. The van der Waals surface area contributed by atoms with Crippen LogP contribution in [-0.4, -0.2) is 52.2 Å². The van der Waals surface area contributed by atoms with Crippen LogP contribution < -0.4 is 20.7 Å². The molecule has 5 rings (SSSR count). The van der Waals surface area contributed by atoms with Gasteiger partial charge in [-0.15, -0.1) is 0 Å². The highest BCUT2D eigenvalue weighted by molar-refractivity contribution is 5.74. The molecule has 1 saturated heterocycles. The minimum absolute atomic E-state index is 0.0478. The third-order valence-corrected chi connectivity index (χ3v) is 8.15. The summed E-state index contributed by atoms with van der Waals surface area (Å²) in [6, 6.07) is 7.35. The predicted molar refractivity (Wildman–Crippen MR) is 156 cm³/mol. The number of hydrogen-bond donors (Lipinski definition) is 2.